The number of hydrogen-bond acceptors (Lipinski definition) is 4. The predicted molar refractivity (Wildman–Crippen MR) is 191 cm³/mol. The van der Waals surface area contributed by atoms with Crippen LogP contribution in [0.1, 0.15) is 0 Å². The summed E-state index contributed by atoms with van der Waals surface area (Å²) in [5.74, 6) is 0. The van der Waals surface area contributed by atoms with Gasteiger partial charge in [-0.1, -0.05) is 60.7 Å². The Morgan fingerprint density at radius 2 is 1.16 bits per heavy atom. The molecule has 0 N–H and O–H groups in total. The molecule has 10 rings (SSSR count). The first-order valence-electron chi connectivity index (χ1n) is 15.0. The van der Waals surface area contributed by atoms with E-state index in [1.807, 2.05) is 48.5 Å². The van der Waals surface area contributed by atoms with Crippen LogP contribution < -0.4 is 36.8 Å². The molecule has 1 atom stereocenters. The zero-order valence-electron chi connectivity index (χ0n) is 23.9. The summed E-state index contributed by atoms with van der Waals surface area (Å²) in [5.41, 5.74) is 11.2. The molecule has 8 aromatic rings. The highest BCUT2D eigenvalue weighted by molar-refractivity contribution is 7.21. The van der Waals surface area contributed by atoms with Crippen molar-refractivity contribution in [1.29, 1.82) is 0 Å². The summed E-state index contributed by atoms with van der Waals surface area (Å²) in [7, 11) is 2.91. The average molecular weight is 595 g/mol. The van der Waals surface area contributed by atoms with Gasteiger partial charge in [-0.3, -0.25) is 9.59 Å². The largest absolute Gasteiger partial charge is 0.327 e. The molecular weight excluding hydrogens is 572 g/mol. The standard InChI is InChI=1S/C38H23BN3O2P/c43-37-23-12-4-6-16-29(23)41-33-21-28-34(20-26(33)38(44)25-14-8-13-24(37)36(25)41)42(45)32-19-9-18-31-35(32)39(28)27-15-5-7-17-30(27)40(31)22-10-2-1-3-11-22/h1-21H,45H2. The highest BCUT2D eigenvalue weighted by Gasteiger charge is 2.42. The molecule has 7 heteroatoms. The molecule has 6 aromatic carbocycles. The van der Waals surface area contributed by atoms with Gasteiger partial charge < -0.3 is 14.0 Å². The van der Waals surface area contributed by atoms with Crippen LogP contribution in [0.4, 0.5) is 28.4 Å². The topological polar surface area (TPSA) is 45.0 Å². The lowest BCUT2D eigenvalue weighted by atomic mass is 9.33. The van der Waals surface area contributed by atoms with Crippen molar-refractivity contribution in [3.05, 3.63) is 148 Å². The smallest absolute Gasteiger partial charge is 0.252 e. The van der Waals surface area contributed by atoms with E-state index >= 15 is 0 Å². The van der Waals surface area contributed by atoms with Crippen LogP contribution in [0.25, 0.3) is 38.1 Å². The van der Waals surface area contributed by atoms with Crippen molar-refractivity contribution in [2.75, 3.05) is 9.57 Å². The van der Waals surface area contributed by atoms with Crippen LogP contribution in [-0.4, -0.2) is 11.1 Å². The Labute approximate surface area is 260 Å². The molecule has 0 radical (unpaired) electrons. The molecule has 5 nitrogen and oxygen atoms in total. The number of anilines is 5. The van der Waals surface area contributed by atoms with E-state index < -0.39 is 0 Å². The molecule has 0 amide bonds. The lowest BCUT2D eigenvalue weighted by Crippen LogP contribution is -2.61. The second kappa shape index (κ2) is 8.81. The average Bonchev–Trinajstić information content (AvgIpc) is 3.09. The van der Waals surface area contributed by atoms with Crippen molar-refractivity contribution in [3.8, 4) is 0 Å². The van der Waals surface area contributed by atoms with Crippen LogP contribution in [0.3, 0.4) is 0 Å². The Kier molecular flexibility index (Phi) is 4.88. The van der Waals surface area contributed by atoms with Crippen LogP contribution >= 0.6 is 9.39 Å². The third-order valence-corrected chi connectivity index (χ3v) is 10.2. The Balaban J connectivity index is 1.38. The Bertz CT molecular complexity index is 2690. The number of hydrogen-bond donors (Lipinski definition) is 0. The number of fused-ring (bicyclic) bond motifs is 8. The van der Waals surface area contributed by atoms with Crippen LogP contribution in [0, 0.1) is 0 Å². The van der Waals surface area contributed by atoms with Crippen LogP contribution in [0.15, 0.2) is 137 Å². The molecule has 4 heterocycles. The normalized spacial score (nSPS) is 13.5. The Hall–Kier alpha value is -5.45. The summed E-state index contributed by atoms with van der Waals surface area (Å²) in [6.45, 7) is -0.0575. The van der Waals surface area contributed by atoms with E-state index in [9.17, 15) is 9.59 Å². The minimum atomic E-state index is -0.0645. The lowest BCUT2D eigenvalue weighted by Gasteiger charge is -2.43. The molecule has 210 valence electrons. The van der Waals surface area contributed by atoms with Gasteiger partial charge >= 0.3 is 0 Å². The fourth-order valence-corrected chi connectivity index (χ4v) is 8.29. The molecule has 0 spiro atoms. The molecule has 0 aliphatic carbocycles. The molecule has 0 saturated carbocycles. The van der Waals surface area contributed by atoms with Crippen molar-refractivity contribution in [1.82, 2.24) is 4.40 Å². The summed E-state index contributed by atoms with van der Waals surface area (Å²) >= 11 is 0. The van der Waals surface area contributed by atoms with Gasteiger partial charge in [0.05, 0.1) is 16.6 Å². The molecular formula is C38H23BN3O2P. The number of rotatable bonds is 1. The second-order valence-electron chi connectivity index (χ2n) is 11.9. The quantitative estimate of drug-likeness (QED) is 0.0997. The third kappa shape index (κ3) is 3.12. The molecule has 2 aliphatic rings. The van der Waals surface area contributed by atoms with Crippen LogP contribution in [-0.2, 0) is 0 Å². The summed E-state index contributed by atoms with van der Waals surface area (Å²) in [4.78, 5) is 30.3. The van der Waals surface area contributed by atoms with Gasteiger partial charge in [0.2, 0.25) is 0 Å². The molecule has 1 unspecified atom stereocenters. The predicted octanol–water partition coefficient (Wildman–Crippen LogP) is 6.10. The van der Waals surface area contributed by atoms with E-state index in [-0.39, 0.29) is 17.6 Å². The van der Waals surface area contributed by atoms with Crippen molar-refractivity contribution in [2.24, 2.45) is 0 Å². The highest BCUT2D eigenvalue weighted by Crippen LogP contribution is 2.42. The maximum absolute atomic E-state index is 14.2. The molecule has 0 bridgehead atoms. The van der Waals surface area contributed by atoms with Crippen molar-refractivity contribution in [2.45, 2.75) is 0 Å². The maximum atomic E-state index is 14.2. The lowest BCUT2D eigenvalue weighted by molar-refractivity contribution is 1.28. The van der Waals surface area contributed by atoms with E-state index in [0.717, 1.165) is 44.9 Å². The summed E-state index contributed by atoms with van der Waals surface area (Å²) in [6, 6.07) is 43.1. The van der Waals surface area contributed by atoms with E-state index in [1.165, 1.54) is 10.9 Å². The van der Waals surface area contributed by atoms with Crippen molar-refractivity contribution in [3.63, 3.8) is 0 Å². The second-order valence-corrected chi connectivity index (χ2v) is 12.4. The van der Waals surface area contributed by atoms with Gasteiger partial charge in [-0.15, -0.1) is 0 Å². The van der Waals surface area contributed by atoms with E-state index in [0.29, 0.717) is 27.1 Å². The summed E-state index contributed by atoms with van der Waals surface area (Å²) in [5, 5.41) is 2.38. The van der Waals surface area contributed by atoms with Gasteiger partial charge in [-0.2, -0.15) is 0 Å². The molecule has 0 saturated heterocycles. The maximum Gasteiger partial charge on any atom is 0.252 e. The minimum Gasteiger partial charge on any atom is -0.327 e. The SMILES string of the molecule is O=c1c2ccccc2n2c3cc4c(cc3c(=O)c3cccc1c32)N(P)c1cccc2c1B4c1ccccc1N2c1ccccc1. The van der Waals surface area contributed by atoms with Crippen molar-refractivity contribution < 1.29 is 0 Å². The fourth-order valence-electron chi connectivity index (χ4n) is 7.84. The fraction of sp³-hybridized carbons (Fsp3) is 0. The first kappa shape index (κ1) is 24.9. The Morgan fingerprint density at radius 1 is 0.511 bits per heavy atom. The highest BCUT2D eigenvalue weighted by atomic mass is 31.0. The van der Waals surface area contributed by atoms with Gasteiger partial charge in [0, 0.05) is 50.0 Å². The van der Waals surface area contributed by atoms with Gasteiger partial charge in [0.1, 0.15) is 0 Å². The van der Waals surface area contributed by atoms with Crippen molar-refractivity contribution >= 4 is 99.0 Å². The zero-order chi connectivity index (χ0) is 30.0. The number of aromatic nitrogens is 1. The van der Waals surface area contributed by atoms with Gasteiger partial charge in [0.25, 0.3) is 6.71 Å². The van der Waals surface area contributed by atoms with Gasteiger partial charge in [-0.25, -0.2) is 0 Å². The van der Waals surface area contributed by atoms with Gasteiger partial charge in [-0.05, 0) is 92.5 Å². The number of pyridine rings is 2. The first-order chi connectivity index (χ1) is 22.1. The monoisotopic (exact) mass is 595 g/mol. The molecule has 0 fully saturated rings. The molecule has 45 heavy (non-hydrogen) atoms. The molecule has 2 aromatic heterocycles. The first-order valence-corrected chi connectivity index (χ1v) is 15.5. The van der Waals surface area contributed by atoms with E-state index in [1.54, 1.807) is 0 Å². The number of benzene rings is 6. The number of para-hydroxylation sites is 4. The van der Waals surface area contributed by atoms with Gasteiger partial charge in [0.15, 0.2) is 10.9 Å². The Morgan fingerprint density at radius 3 is 2.00 bits per heavy atom. The van der Waals surface area contributed by atoms with E-state index in [2.05, 4.69) is 102 Å². The minimum absolute atomic E-state index is 0.0511. The molecule has 2 aliphatic heterocycles. The summed E-state index contributed by atoms with van der Waals surface area (Å²) < 4.78 is 4.28. The van der Waals surface area contributed by atoms with Crippen LogP contribution in [0.2, 0.25) is 0 Å². The van der Waals surface area contributed by atoms with Crippen LogP contribution in [0.5, 0.6) is 0 Å². The zero-order valence-corrected chi connectivity index (χ0v) is 25.1. The van der Waals surface area contributed by atoms with E-state index in [4.69, 9.17) is 0 Å². The third-order valence-electron chi connectivity index (χ3n) is 9.69. The number of nitrogens with zero attached hydrogens (tertiary/aromatic N) is 3. The summed E-state index contributed by atoms with van der Waals surface area (Å²) in [6.07, 6.45) is 0.